The molecule has 0 aromatic carbocycles. The maximum atomic E-state index is 10.2. The van der Waals surface area contributed by atoms with Gasteiger partial charge in [0.2, 0.25) is 0 Å². The van der Waals surface area contributed by atoms with Gasteiger partial charge in [0, 0.05) is 12.8 Å². The summed E-state index contributed by atoms with van der Waals surface area (Å²) in [5, 5.41) is 16.8. The minimum atomic E-state index is -0.726. The molecule has 0 rings (SSSR count). The molecule has 100 valence electrons. The highest BCUT2D eigenvalue weighted by Crippen LogP contribution is 2.09. The van der Waals surface area contributed by atoms with E-state index in [0.717, 1.165) is 44.9 Å². The Morgan fingerprint density at radius 1 is 0.647 bits per heavy atom. The Hall–Kier alpha value is -1.32. The quantitative estimate of drug-likeness (QED) is 0.456. The molecule has 0 aromatic heterocycles. The molecule has 0 aromatic rings. The van der Waals surface area contributed by atoms with Gasteiger partial charge >= 0.3 is 11.9 Å². The summed E-state index contributed by atoms with van der Waals surface area (Å²) in [5.41, 5.74) is 0. The summed E-state index contributed by atoms with van der Waals surface area (Å²) in [7, 11) is 0. The number of rotatable bonds is 10. The lowest BCUT2D eigenvalue weighted by atomic mass is 10.1. The van der Waals surface area contributed by atoms with Crippen LogP contribution in [0.25, 0.3) is 0 Å². The van der Waals surface area contributed by atoms with Gasteiger partial charge in [-0.25, -0.2) is 0 Å². The Bertz CT molecular complexity index is 182. The molecule has 0 amide bonds. The first-order valence-corrected chi connectivity index (χ1v) is 6.06. The average Bonchev–Trinajstić information content (AvgIpc) is 2.29. The second kappa shape index (κ2) is 14.7. The zero-order valence-electron chi connectivity index (χ0n) is 10.5. The number of carbonyl (C=O) groups is 2. The minimum absolute atomic E-state index is 0.263. The van der Waals surface area contributed by atoms with Crippen LogP contribution < -0.4 is 0 Å². The lowest BCUT2D eigenvalue weighted by Gasteiger charge is -1.99. The molecule has 4 nitrogen and oxygen atoms in total. The van der Waals surface area contributed by atoms with Crippen molar-refractivity contribution in [2.75, 3.05) is 0 Å². The smallest absolute Gasteiger partial charge is 0.303 e. The van der Waals surface area contributed by atoms with E-state index in [4.69, 9.17) is 10.2 Å². The molecule has 2 N–H and O–H groups in total. The molecular weight excluding hydrogens is 220 g/mol. The Balaban J connectivity index is 0. The fraction of sp³-hybridized carbons (Fsp3) is 0.692. The number of hydrogen-bond donors (Lipinski definition) is 2. The molecule has 0 bridgehead atoms. The van der Waals surface area contributed by atoms with E-state index in [9.17, 15) is 9.59 Å². The summed E-state index contributed by atoms with van der Waals surface area (Å²) in [6.45, 7) is 6.00. The predicted molar refractivity (Wildman–Crippen MR) is 68.1 cm³/mol. The fourth-order valence-corrected chi connectivity index (χ4v) is 1.44. The van der Waals surface area contributed by atoms with E-state index in [1.807, 2.05) is 0 Å². The van der Waals surface area contributed by atoms with E-state index in [1.165, 1.54) is 0 Å². The van der Waals surface area contributed by atoms with Gasteiger partial charge in [-0.15, -0.1) is 13.2 Å². The van der Waals surface area contributed by atoms with E-state index in [1.54, 1.807) is 0 Å². The standard InChI is InChI=1S/C11H20O4.C2H4/c12-10(13)8-6-4-2-1-3-5-7-9-11(14)15;1-2/h1-9H2,(H,12,13)(H,14,15);1-2H2. The first kappa shape index (κ1) is 18.1. The largest absolute Gasteiger partial charge is 0.481 e. The maximum absolute atomic E-state index is 10.2. The van der Waals surface area contributed by atoms with Gasteiger partial charge in [0.15, 0.2) is 0 Å². The van der Waals surface area contributed by atoms with Gasteiger partial charge in [-0.1, -0.05) is 32.1 Å². The van der Waals surface area contributed by atoms with Crippen LogP contribution in [0.5, 0.6) is 0 Å². The molecule has 0 saturated carbocycles. The van der Waals surface area contributed by atoms with Crippen LogP contribution in [0.3, 0.4) is 0 Å². The second-order valence-corrected chi connectivity index (χ2v) is 3.76. The predicted octanol–water partition coefficient (Wildman–Crippen LogP) is 3.47. The summed E-state index contributed by atoms with van der Waals surface area (Å²) in [5.74, 6) is -1.45. The van der Waals surface area contributed by atoms with Crippen molar-refractivity contribution in [3.05, 3.63) is 13.2 Å². The van der Waals surface area contributed by atoms with Crippen LogP contribution in [0.1, 0.15) is 57.8 Å². The van der Waals surface area contributed by atoms with E-state index in [0.29, 0.717) is 0 Å². The molecule has 0 spiro atoms. The van der Waals surface area contributed by atoms with Crippen LogP contribution in [-0.2, 0) is 9.59 Å². The van der Waals surface area contributed by atoms with Crippen LogP contribution in [-0.4, -0.2) is 22.2 Å². The van der Waals surface area contributed by atoms with Crippen molar-refractivity contribution in [1.29, 1.82) is 0 Å². The maximum Gasteiger partial charge on any atom is 0.303 e. The first-order valence-electron chi connectivity index (χ1n) is 6.06. The van der Waals surface area contributed by atoms with Gasteiger partial charge in [-0.05, 0) is 12.8 Å². The van der Waals surface area contributed by atoms with E-state index >= 15 is 0 Å². The van der Waals surface area contributed by atoms with Gasteiger partial charge < -0.3 is 10.2 Å². The van der Waals surface area contributed by atoms with Gasteiger partial charge in [0.25, 0.3) is 0 Å². The van der Waals surface area contributed by atoms with E-state index < -0.39 is 11.9 Å². The number of aliphatic carboxylic acids is 2. The van der Waals surface area contributed by atoms with Crippen molar-refractivity contribution in [1.82, 2.24) is 0 Å². The number of hydrogen-bond acceptors (Lipinski definition) is 2. The molecule has 0 radical (unpaired) electrons. The third-order valence-electron chi connectivity index (χ3n) is 2.28. The van der Waals surface area contributed by atoms with Crippen LogP contribution in [0.4, 0.5) is 0 Å². The Kier molecular flexibility index (Phi) is 15.6. The summed E-state index contributed by atoms with van der Waals surface area (Å²) < 4.78 is 0. The number of carboxylic acids is 2. The molecule has 0 fully saturated rings. The first-order chi connectivity index (χ1) is 8.13. The minimum Gasteiger partial charge on any atom is -0.481 e. The van der Waals surface area contributed by atoms with Gasteiger partial charge in [-0.2, -0.15) is 0 Å². The van der Waals surface area contributed by atoms with Crippen molar-refractivity contribution in [2.24, 2.45) is 0 Å². The number of carboxylic acid groups (broad SMARTS) is 2. The molecule has 0 aliphatic rings. The highest BCUT2D eigenvalue weighted by atomic mass is 16.4. The van der Waals surface area contributed by atoms with E-state index in [2.05, 4.69) is 13.2 Å². The molecule has 17 heavy (non-hydrogen) atoms. The van der Waals surface area contributed by atoms with Gasteiger partial charge in [0.05, 0.1) is 0 Å². The van der Waals surface area contributed by atoms with Crippen molar-refractivity contribution in [3.8, 4) is 0 Å². The normalized spacial score (nSPS) is 9.18. The third kappa shape index (κ3) is 20.7. The highest BCUT2D eigenvalue weighted by Gasteiger charge is 1.98. The fourth-order valence-electron chi connectivity index (χ4n) is 1.44. The van der Waals surface area contributed by atoms with Crippen LogP contribution >= 0.6 is 0 Å². The van der Waals surface area contributed by atoms with Crippen molar-refractivity contribution in [3.63, 3.8) is 0 Å². The van der Waals surface area contributed by atoms with Crippen LogP contribution in [0, 0.1) is 0 Å². The molecule has 0 aliphatic heterocycles. The molecule has 0 heterocycles. The van der Waals surface area contributed by atoms with Crippen LogP contribution in [0.2, 0.25) is 0 Å². The third-order valence-corrected chi connectivity index (χ3v) is 2.28. The SMILES string of the molecule is C=C.O=C(O)CCCCCCCCCC(=O)O. The Labute approximate surface area is 103 Å². The molecule has 0 unspecified atom stereocenters. The summed E-state index contributed by atoms with van der Waals surface area (Å²) in [6.07, 6.45) is 7.16. The summed E-state index contributed by atoms with van der Waals surface area (Å²) >= 11 is 0. The highest BCUT2D eigenvalue weighted by molar-refractivity contribution is 5.66. The molecule has 0 saturated heterocycles. The summed E-state index contributed by atoms with van der Waals surface area (Å²) in [6, 6.07) is 0. The van der Waals surface area contributed by atoms with Crippen molar-refractivity contribution < 1.29 is 19.8 Å². The zero-order chi connectivity index (χ0) is 13.5. The van der Waals surface area contributed by atoms with Crippen LogP contribution in [0.15, 0.2) is 13.2 Å². The van der Waals surface area contributed by atoms with Gasteiger partial charge in [0.1, 0.15) is 0 Å². The van der Waals surface area contributed by atoms with Crippen molar-refractivity contribution >= 4 is 11.9 Å². The lowest BCUT2D eigenvalue weighted by molar-refractivity contribution is -0.138. The topological polar surface area (TPSA) is 74.6 Å². The second-order valence-electron chi connectivity index (χ2n) is 3.76. The molecule has 4 heteroatoms. The average molecular weight is 244 g/mol. The zero-order valence-corrected chi connectivity index (χ0v) is 10.5. The van der Waals surface area contributed by atoms with Crippen molar-refractivity contribution in [2.45, 2.75) is 57.8 Å². The number of unbranched alkanes of at least 4 members (excludes halogenated alkanes) is 6. The van der Waals surface area contributed by atoms with Gasteiger partial charge in [-0.3, -0.25) is 9.59 Å². The lowest BCUT2D eigenvalue weighted by Crippen LogP contribution is -1.94. The Morgan fingerprint density at radius 2 is 0.882 bits per heavy atom. The molecular formula is C13H24O4. The monoisotopic (exact) mass is 244 g/mol. The molecule has 0 aliphatic carbocycles. The summed E-state index contributed by atoms with van der Waals surface area (Å²) in [4.78, 5) is 20.4. The molecule has 0 atom stereocenters. The van der Waals surface area contributed by atoms with E-state index in [-0.39, 0.29) is 12.8 Å². The Morgan fingerprint density at radius 3 is 1.12 bits per heavy atom.